The van der Waals surface area contributed by atoms with Crippen molar-refractivity contribution in [1.29, 1.82) is 0 Å². The minimum absolute atomic E-state index is 0.0569. The van der Waals surface area contributed by atoms with Gasteiger partial charge in [0, 0.05) is 24.7 Å². The predicted octanol–water partition coefficient (Wildman–Crippen LogP) is -0.124. The molecule has 0 atom stereocenters. The molecule has 5 heteroatoms. The summed E-state index contributed by atoms with van der Waals surface area (Å²) in [7, 11) is 0. The van der Waals surface area contributed by atoms with E-state index in [0.29, 0.717) is 26.3 Å². The summed E-state index contributed by atoms with van der Waals surface area (Å²) >= 11 is 0. The fourth-order valence-electron chi connectivity index (χ4n) is 1.12. The average Bonchev–Trinajstić information content (AvgIpc) is 2.19. The Morgan fingerprint density at radius 1 is 1.36 bits per heavy atom. The molecule has 1 rings (SSSR count). The van der Waals surface area contributed by atoms with Crippen LogP contribution < -0.4 is 0 Å². The van der Waals surface area contributed by atoms with E-state index in [-0.39, 0.29) is 11.5 Å². The highest BCUT2D eigenvalue weighted by atomic mass is 16.5. The molecule has 1 fully saturated rings. The molecule has 78 valence electrons. The first kappa shape index (κ1) is 10.7. The van der Waals surface area contributed by atoms with Crippen molar-refractivity contribution >= 4 is 11.9 Å². The Hall–Kier alpha value is -1.36. The fourth-order valence-corrected chi connectivity index (χ4v) is 1.12. The van der Waals surface area contributed by atoms with Gasteiger partial charge in [0.1, 0.15) is 0 Å². The van der Waals surface area contributed by atoms with Gasteiger partial charge in [-0.3, -0.25) is 4.79 Å². The van der Waals surface area contributed by atoms with Gasteiger partial charge in [0.05, 0.1) is 13.2 Å². The van der Waals surface area contributed by atoms with Crippen molar-refractivity contribution in [1.82, 2.24) is 4.90 Å². The molecule has 0 aliphatic carbocycles. The molecule has 1 amide bonds. The van der Waals surface area contributed by atoms with E-state index < -0.39 is 5.97 Å². The average molecular weight is 199 g/mol. The third kappa shape index (κ3) is 2.85. The zero-order valence-corrected chi connectivity index (χ0v) is 8.02. The maximum atomic E-state index is 11.4. The number of rotatable bonds is 2. The number of carbonyl (C=O) groups is 2. The van der Waals surface area contributed by atoms with Crippen LogP contribution in [-0.4, -0.2) is 48.2 Å². The molecule has 14 heavy (non-hydrogen) atoms. The number of aliphatic carboxylic acids is 1. The van der Waals surface area contributed by atoms with Gasteiger partial charge in [0.2, 0.25) is 5.91 Å². The number of carboxylic acid groups (broad SMARTS) is 1. The van der Waals surface area contributed by atoms with E-state index in [2.05, 4.69) is 0 Å². The normalized spacial score (nSPS) is 18.1. The molecule has 0 saturated carbocycles. The van der Waals surface area contributed by atoms with Crippen LogP contribution in [-0.2, 0) is 14.3 Å². The van der Waals surface area contributed by atoms with E-state index in [0.717, 1.165) is 6.08 Å². The minimum Gasteiger partial charge on any atom is -0.478 e. The smallest absolute Gasteiger partial charge is 0.331 e. The van der Waals surface area contributed by atoms with Crippen molar-refractivity contribution in [2.75, 3.05) is 26.3 Å². The van der Waals surface area contributed by atoms with Gasteiger partial charge in [-0.15, -0.1) is 0 Å². The highest BCUT2D eigenvalue weighted by Gasteiger charge is 2.15. The van der Waals surface area contributed by atoms with Gasteiger partial charge < -0.3 is 14.7 Å². The predicted molar refractivity (Wildman–Crippen MR) is 48.8 cm³/mol. The lowest BCUT2D eigenvalue weighted by atomic mass is 10.2. The van der Waals surface area contributed by atoms with Crippen LogP contribution in [0.25, 0.3) is 0 Å². The monoisotopic (exact) mass is 199 g/mol. The molecule has 0 aromatic carbocycles. The SMILES string of the molecule is C/C(=C\C(=O)N1CCOCC1)C(=O)O. The molecule has 1 saturated heterocycles. The molecule has 5 nitrogen and oxygen atoms in total. The molecular formula is C9H13NO4. The van der Waals surface area contributed by atoms with Crippen LogP contribution in [0.2, 0.25) is 0 Å². The van der Waals surface area contributed by atoms with Crippen molar-refractivity contribution in [2.45, 2.75) is 6.92 Å². The van der Waals surface area contributed by atoms with E-state index in [4.69, 9.17) is 9.84 Å². The second-order valence-electron chi connectivity index (χ2n) is 3.07. The van der Waals surface area contributed by atoms with Crippen molar-refractivity contribution in [3.05, 3.63) is 11.6 Å². The second-order valence-corrected chi connectivity index (χ2v) is 3.07. The van der Waals surface area contributed by atoms with Gasteiger partial charge in [0.15, 0.2) is 0 Å². The van der Waals surface area contributed by atoms with E-state index >= 15 is 0 Å². The zero-order valence-electron chi connectivity index (χ0n) is 8.02. The molecule has 1 aliphatic rings. The quantitative estimate of drug-likeness (QED) is 0.629. The molecule has 1 heterocycles. The van der Waals surface area contributed by atoms with Crippen molar-refractivity contribution in [3.63, 3.8) is 0 Å². The van der Waals surface area contributed by atoms with Gasteiger partial charge in [-0.25, -0.2) is 4.79 Å². The van der Waals surface area contributed by atoms with Crippen LogP contribution in [0.5, 0.6) is 0 Å². The van der Waals surface area contributed by atoms with E-state index in [9.17, 15) is 9.59 Å². The summed E-state index contributed by atoms with van der Waals surface area (Å²) in [4.78, 5) is 23.5. The third-order valence-corrected chi connectivity index (χ3v) is 2.00. The van der Waals surface area contributed by atoms with Crippen molar-refractivity contribution in [2.24, 2.45) is 0 Å². The molecule has 0 unspecified atom stereocenters. The molecule has 0 radical (unpaired) electrons. The van der Waals surface area contributed by atoms with Crippen LogP contribution in [0.1, 0.15) is 6.92 Å². The lowest BCUT2D eigenvalue weighted by Gasteiger charge is -2.25. The number of carbonyl (C=O) groups excluding carboxylic acids is 1. The van der Waals surface area contributed by atoms with Gasteiger partial charge in [-0.2, -0.15) is 0 Å². The number of hydrogen-bond acceptors (Lipinski definition) is 3. The molecule has 0 spiro atoms. The summed E-state index contributed by atoms with van der Waals surface area (Å²) in [6.07, 6.45) is 1.15. The summed E-state index contributed by atoms with van der Waals surface area (Å²) in [5, 5.41) is 8.57. The highest BCUT2D eigenvalue weighted by Crippen LogP contribution is 2.01. The van der Waals surface area contributed by atoms with Crippen LogP contribution in [0.3, 0.4) is 0 Å². The number of ether oxygens (including phenoxy) is 1. The van der Waals surface area contributed by atoms with Crippen LogP contribution in [0, 0.1) is 0 Å². The summed E-state index contributed by atoms with van der Waals surface area (Å²) in [5.74, 6) is -1.32. The third-order valence-electron chi connectivity index (χ3n) is 2.00. The maximum absolute atomic E-state index is 11.4. The Morgan fingerprint density at radius 3 is 2.43 bits per heavy atom. The first-order valence-corrected chi connectivity index (χ1v) is 4.39. The number of nitrogens with zero attached hydrogens (tertiary/aromatic N) is 1. The second kappa shape index (κ2) is 4.76. The summed E-state index contributed by atoms with van der Waals surface area (Å²) in [6.45, 7) is 3.50. The van der Waals surface area contributed by atoms with Gasteiger partial charge >= 0.3 is 5.97 Å². The van der Waals surface area contributed by atoms with E-state index in [1.54, 1.807) is 4.90 Å². The van der Waals surface area contributed by atoms with Crippen LogP contribution in [0.15, 0.2) is 11.6 Å². The van der Waals surface area contributed by atoms with Crippen LogP contribution >= 0.6 is 0 Å². The zero-order chi connectivity index (χ0) is 10.6. The highest BCUT2D eigenvalue weighted by molar-refractivity contribution is 5.97. The first-order valence-electron chi connectivity index (χ1n) is 4.39. The van der Waals surface area contributed by atoms with Gasteiger partial charge in [-0.1, -0.05) is 0 Å². The minimum atomic E-state index is -1.06. The topological polar surface area (TPSA) is 66.8 Å². The number of amides is 1. The number of hydrogen-bond donors (Lipinski definition) is 1. The maximum Gasteiger partial charge on any atom is 0.331 e. The lowest BCUT2D eigenvalue weighted by Crippen LogP contribution is -2.40. The molecule has 0 aromatic heterocycles. The molecule has 0 aromatic rings. The summed E-state index contributed by atoms with van der Waals surface area (Å²) < 4.78 is 5.07. The van der Waals surface area contributed by atoms with Gasteiger partial charge in [-0.05, 0) is 6.92 Å². The largest absolute Gasteiger partial charge is 0.478 e. The molecular weight excluding hydrogens is 186 g/mol. The Balaban J connectivity index is 2.56. The Bertz CT molecular complexity index is 266. The van der Waals surface area contributed by atoms with Crippen LogP contribution in [0.4, 0.5) is 0 Å². The molecule has 1 aliphatic heterocycles. The number of morpholine rings is 1. The fraction of sp³-hybridized carbons (Fsp3) is 0.556. The molecule has 1 N–H and O–H groups in total. The van der Waals surface area contributed by atoms with E-state index in [1.165, 1.54) is 6.92 Å². The Labute approximate surface area is 82.0 Å². The van der Waals surface area contributed by atoms with Crippen molar-refractivity contribution in [3.8, 4) is 0 Å². The van der Waals surface area contributed by atoms with Gasteiger partial charge in [0.25, 0.3) is 0 Å². The molecule has 0 bridgehead atoms. The summed E-state index contributed by atoms with van der Waals surface area (Å²) in [6, 6.07) is 0. The van der Waals surface area contributed by atoms with Crippen molar-refractivity contribution < 1.29 is 19.4 Å². The first-order chi connectivity index (χ1) is 6.61. The Kier molecular flexibility index (Phi) is 3.64. The lowest BCUT2D eigenvalue weighted by molar-refractivity contribution is -0.134. The Morgan fingerprint density at radius 2 is 1.93 bits per heavy atom. The van der Waals surface area contributed by atoms with E-state index in [1.807, 2.05) is 0 Å². The summed E-state index contributed by atoms with van der Waals surface area (Å²) in [5.41, 5.74) is 0.0569. The standard InChI is InChI=1S/C9H13NO4/c1-7(9(12)13)6-8(11)10-2-4-14-5-3-10/h6H,2-5H2,1H3,(H,12,13)/b7-6+. The number of carboxylic acids is 1.